The summed E-state index contributed by atoms with van der Waals surface area (Å²) in [5.74, 6) is 0.978. The van der Waals surface area contributed by atoms with Gasteiger partial charge in [-0.25, -0.2) is 0 Å². The Kier molecular flexibility index (Phi) is 1.93. The number of hydrogen-bond donors (Lipinski definition) is 0. The van der Waals surface area contributed by atoms with E-state index in [4.69, 9.17) is 4.74 Å². The van der Waals surface area contributed by atoms with Gasteiger partial charge in [-0.3, -0.25) is 4.79 Å². The van der Waals surface area contributed by atoms with Gasteiger partial charge in [-0.1, -0.05) is 15.9 Å². The Labute approximate surface area is 96.8 Å². The summed E-state index contributed by atoms with van der Waals surface area (Å²) < 4.78 is 6.87. The van der Waals surface area contributed by atoms with Gasteiger partial charge in [0, 0.05) is 4.47 Å². The van der Waals surface area contributed by atoms with Gasteiger partial charge in [-0.05, 0) is 37.5 Å². The fourth-order valence-corrected chi connectivity index (χ4v) is 2.68. The van der Waals surface area contributed by atoms with Gasteiger partial charge in [0.2, 0.25) is 0 Å². The van der Waals surface area contributed by atoms with E-state index in [9.17, 15) is 4.79 Å². The van der Waals surface area contributed by atoms with Gasteiger partial charge >= 0.3 is 0 Å². The van der Waals surface area contributed by atoms with E-state index in [1.54, 1.807) is 0 Å². The molecule has 0 radical (unpaired) electrons. The van der Waals surface area contributed by atoms with E-state index < -0.39 is 0 Å². The molecule has 78 valence electrons. The van der Waals surface area contributed by atoms with Crippen LogP contribution in [0.25, 0.3) is 0 Å². The van der Waals surface area contributed by atoms with Gasteiger partial charge in [0.15, 0.2) is 5.78 Å². The van der Waals surface area contributed by atoms with Crippen LogP contribution in [0.3, 0.4) is 0 Å². The average molecular weight is 267 g/mol. The Bertz CT molecular complexity index is 435. The van der Waals surface area contributed by atoms with Gasteiger partial charge in [0.1, 0.15) is 11.4 Å². The van der Waals surface area contributed by atoms with Crippen molar-refractivity contribution in [3.63, 3.8) is 0 Å². The van der Waals surface area contributed by atoms with E-state index in [-0.39, 0.29) is 11.4 Å². The van der Waals surface area contributed by atoms with E-state index in [2.05, 4.69) is 15.9 Å². The predicted molar refractivity (Wildman–Crippen MR) is 60.3 cm³/mol. The number of carbonyl (C=O) groups excluding carboxylic acids is 1. The molecule has 3 rings (SSSR count). The number of ether oxygens (including phenoxy) is 1. The van der Waals surface area contributed by atoms with Crippen LogP contribution in [0.15, 0.2) is 22.7 Å². The van der Waals surface area contributed by atoms with Crippen molar-refractivity contribution in [2.45, 2.75) is 31.3 Å². The molecule has 3 heteroatoms. The van der Waals surface area contributed by atoms with Crippen LogP contribution in [0.2, 0.25) is 0 Å². The molecule has 0 bridgehead atoms. The molecule has 0 aromatic heterocycles. The monoisotopic (exact) mass is 266 g/mol. The second-order valence-electron chi connectivity index (χ2n) is 4.38. The highest BCUT2D eigenvalue weighted by molar-refractivity contribution is 9.10. The normalized spacial score (nSPS) is 21.8. The number of fused-ring (bicyclic) bond motifs is 1. The molecule has 1 spiro atoms. The van der Waals surface area contributed by atoms with Gasteiger partial charge in [0.25, 0.3) is 0 Å². The van der Waals surface area contributed by atoms with E-state index >= 15 is 0 Å². The number of rotatable bonds is 0. The van der Waals surface area contributed by atoms with Gasteiger partial charge in [0.05, 0.1) is 12.0 Å². The number of ketones is 1. The molecule has 1 heterocycles. The third-order valence-corrected chi connectivity index (χ3v) is 3.81. The maximum atomic E-state index is 11.9. The van der Waals surface area contributed by atoms with Crippen molar-refractivity contribution < 1.29 is 9.53 Å². The van der Waals surface area contributed by atoms with Crippen molar-refractivity contribution in [2.24, 2.45) is 0 Å². The molecule has 1 aliphatic carbocycles. The fraction of sp³-hybridized carbons (Fsp3) is 0.417. The summed E-state index contributed by atoms with van der Waals surface area (Å²) in [6.45, 7) is 0. The standard InChI is InChI=1S/C12H11BrO2/c13-8-2-3-11-9(6-8)10(14)7-12(15-11)4-1-5-12/h2-3,6H,1,4-5,7H2. The third kappa shape index (κ3) is 1.41. The molecule has 2 nitrogen and oxygen atoms in total. The van der Waals surface area contributed by atoms with Crippen molar-refractivity contribution in [3.8, 4) is 5.75 Å². The molecule has 0 amide bonds. The minimum absolute atomic E-state index is 0.155. The van der Waals surface area contributed by atoms with Gasteiger partial charge < -0.3 is 4.74 Å². The number of benzene rings is 1. The second-order valence-corrected chi connectivity index (χ2v) is 5.29. The van der Waals surface area contributed by atoms with Crippen LogP contribution >= 0.6 is 15.9 Å². The van der Waals surface area contributed by atoms with Crippen molar-refractivity contribution in [2.75, 3.05) is 0 Å². The van der Waals surface area contributed by atoms with Crippen LogP contribution in [0.5, 0.6) is 5.75 Å². The topological polar surface area (TPSA) is 26.3 Å². The molecule has 1 saturated carbocycles. The minimum Gasteiger partial charge on any atom is -0.486 e. The fourth-order valence-electron chi connectivity index (χ4n) is 2.32. The maximum absolute atomic E-state index is 11.9. The number of carbonyl (C=O) groups is 1. The third-order valence-electron chi connectivity index (χ3n) is 3.32. The SMILES string of the molecule is O=C1CC2(CCC2)Oc2ccc(Br)cc21. The van der Waals surface area contributed by atoms with Crippen LogP contribution in [0.1, 0.15) is 36.0 Å². The summed E-state index contributed by atoms with van der Waals surface area (Å²) in [5.41, 5.74) is 0.569. The summed E-state index contributed by atoms with van der Waals surface area (Å²) in [4.78, 5) is 11.9. The molecule has 0 saturated heterocycles. The van der Waals surface area contributed by atoms with Crippen molar-refractivity contribution in [1.29, 1.82) is 0 Å². The Morgan fingerprint density at radius 2 is 2.13 bits per heavy atom. The van der Waals surface area contributed by atoms with Crippen LogP contribution in [-0.2, 0) is 0 Å². The Morgan fingerprint density at radius 1 is 1.33 bits per heavy atom. The van der Waals surface area contributed by atoms with Gasteiger partial charge in [-0.2, -0.15) is 0 Å². The Hall–Kier alpha value is -0.830. The predicted octanol–water partition coefficient (Wildman–Crippen LogP) is 3.34. The summed E-state index contributed by atoms with van der Waals surface area (Å²) >= 11 is 3.37. The molecule has 2 aliphatic rings. The first-order valence-electron chi connectivity index (χ1n) is 5.20. The lowest BCUT2D eigenvalue weighted by Crippen LogP contribution is -2.47. The van der Waals surface area contributed by atoms with E-state index in [1.807, 2.05) is 18.2 Å². The quantitative estimate of drug-likeness (QED) is 0.720. The molecule has 15 heavy (non-hydrogen) atoms. The lowest BCUT2D eigenvalue weighted by Gasteiger charge is -2.44. The van der Waals surface area contributed by atoms with E-state index in [0.29, 0.717) is 6.42 Å². The first kappa shape index (κ1) is 9.40. The average Bonchev–Trinajstić information content (AvgIpc) is 2.16. The van der Waals surface area contributed by atoms with Gasteiger partial charge in [-0.15, -0.1) is 0 Å². The summed E-state index contributed by atoms with van der Waals surface area (Å²) in [7, 11) is 0. The number of Topliss-reactive ketones (excluding diaryl/α,β-unsaturated/α-hetero) is 1. The van der Waals surface area contributed by atoms with Crippen LogP contribution in [-0.4, -0.2) is 11.4 Å². The van der Waals surface area contributed by atoms with Crippen LogP contribution in [0, 0.1) is 0 Å². The molecule has 0 unspecified atom stereocenters. The Balaban J connectivity index is 2.04. The first-order chi connectivity index (χ1) is 7.19. The summed E-state index contributed by atoms with van der Waals surface area (Å²) in [5, 5.41) is 0. The highest BCUT2D eigenvalue weighted by Crippen LogP contribution is 2.45. The zero-order valence-electron chi connectivity index (χ0n) is 8.25. The van der Waals surface area contributed by atoms with Crippen molar-refractivity contribution >= 4 is 21.7 Å². The largest absolute Gasteiger partial charge is 0.486 e. The maximum Gasteiger partial charge on any atom is 0.170 e. The first-order valence-corrected chi connectivity index (χ1v) is 6.00. The molecular formula is C12H11BrO2. The molecule has 1 aromatic rings. The molecule has 1 aliphatic heterocycles. The molecular weight excluding hydrogens is 256 g/mol. The second kappa shape index (κ2) is 3.08. The molecule has 0 atom stereocenters. The van der Waals surface area contributed by atoms with Crippen molar-refractivity contribution in [3.05, 3.63) is 28.2 Å². The van der Waals surface area contributed by atoms with E-state index in [0.717, 1.165) is 28.6 Å². The van der Waals surface area contributed by atoms with Crippen LogP contribution < -0.4 is 4.74 Å². The zero-order chi connectivity index (χ0) is 10.5. The highest BCUT2D eigenvalue weighted by atomic mass is 79.9. The lowest BCUT2D eigenvalue weighted by atomic mass is 9.74. The van der Waals surface area contributed by atoms with E-state index in [1.165, 1.54) is 6.42 Å². The minimum atomic E-state index is -0.155. The lowest BCUT2D eigenvalue weighted by molar-refractivity contribution is -0.0177. The smallest absolute Gasteiger partial charge is 0.170 e. The van der Waals surface area contributed by atoms with Crippen molar-refractivity contribution in [1.82, 2.24) is 0 Å². The summed E-state index contributed by atoms with van der Waals surface area (Å²) in [6, 6.07) is 5.66. The molecule has 1 aromatic carbocycles. The Morgan fingerprint density at radius 3 is 2.80 bits per heavy atom. The number of hydrogen-bond acceptors (Lipinski definition) is 2. The molecule has 0 N–H and O–H groups in total. The molecule has 1 fully saturated rings. The number of halogens is 1. The summed E-state index contributed by atoms with van der Waals surface area (Å²) in [6.07, 6.45) is 3.78. The van der Waals surface area contributed by atoms with Crippen LogP contribution in [0.4, 0.5) is 0 Å². The zero-order valence-corrected chi connectivity index (χ0v) is 9.84. The highest BCUT2D eigenvalue weighted by Gasteiger charge is 2.45.